The minimum Gasteiger partial charge on any atom is -0.325 e. The fourth-order valence-electron chi connectivity index (χ4n) is 4.80. The van der Waals surface area contributed by atoms with Crippen molar-refractivity contribution in [3.63, 3.8) is 0 Å². The van der Waals surface area contributed by atoms with Gasteiger partial charge in [0.1, 0.15) is 0 Å². The predicted octanol–water partition coefficient (Wildman–Crippen LogP) is 4.06. The number of hydrogen-bond donors (Lipinski definition) is 3. The standard InChI is InChI=1S/C26H31N7OS/c1-15-8-7-9-16(2)24(15)29-23(34)14-35-26-27-21-11-6-5-10-20(21)25-28-22(32-33(25)26)13-12-19-17(3)30-31-18(19)4/h5-11,17-19,30-31H,12-14H2,1-4H3,(H,29,34). The van der Waals surface area contributed by atoms with E-state index in [-0.39, 0.29) is 11.7 Å². The van der Waals surface area contributed by atoms with Gasteiger partial charge in [-0.2, -0.15) is 4.52 Å². The number of aryl methyl sites for hydroxylation is 3. The van der Waals surface area contributed by atoms with Gasteiger partial charge in [-0.15, -0.1) is 5.10 Å². The molecule has 0 bridgehead atoms. The lowest BCUT2D eigenvalue weighted by Crippen LogP contribution is -2.30. The van der Waals surface area contributed by atoms with E-state index in [0.29, 0.717) is 23.2 Å². The molecule has 5 rings (SSSR count). The van der Waals surface area contributed by atoms with Crippen LogP contribution in [0.2, 0.25) is 0 Å². The first-order chi connectivity index (χ1) is 16.9. The van der Waals surface area contributed by atoms with Gasteiger partial charge in [0.25, 0.3) is 0 Å². The molecule has 9 heteroatoms. The number of nitrogens with zero attached hydrogens (tertiary/aromatic N) is 4. The van der Waals surface area contributed by atoms with Gasteiger partial charge in [0, 0.05) is 29.6 Å². The average molecular weight is 490 g/mol. The second-order valence-electron chi connectivity index (χ2n) is 9.35. The summed E-state index contributed by atoms with van der Waals surface area (Å²) in [7, 11) is 0. The van der Waals surface area contributed by atoms with Gasteiger partial charge in [0.05, 0.1) is 11.3 Å². The molecule has 4 aromatic rings. The van der Waals surface area contributed by atoms with Crippen molar-refractivity contribution in [2.24, 2.45) is 5.92 Å². The molecule has 182 valence electrons. The van der Waals surface area contributed by atoms with Gasteiger partial charge in [0.2, 0.25) is 5.91 Å². The molecule has 3 N–H and O–H groups in total. The predicted molar refractivity (Wildman–Crippen MR) is 141 cm³/mol. The Bertz CT molecular complexity index is 1350. The zero-order valence-electron chi connectivity index (χ0n) is 20.5. The van der Waals surface area contributed by atoms with E-state index in [2.05, 4.69) is 30.0 Å². The summed E-state index contributed by atoms with van der Waals surface area (Å²) in [5.41, 5.74) is 11.2. The van der Waals surface area contributed by atoms with E-state index < -0.39 is 0 Å². The van der Waals surface area contributed by atoms with E-state index in [0.717, 1.165) is 52.0 Å². The summed E-state index contributed by atoms with van der Waals surface area (Å²) in [5.74, 6) is 1.48. The Balaban J connectivity index is 1.38. The number of fused-ring (bicyclic) bond motifs is 3. The molecule has 35 heavy (non-hydrogen) atoms. The molecule has 1 amide bonds. The molecule has 2 atom stereocenters. The average Bonchev–Trinajstić information content (AvgIpc) is 3.41. The summed E-state index contributed by atoms with van der Waals surface area (Å²) in [5, 5.41) is 9.49. The van der Waals surface area contributed by atoms with Crippen LogP contribution in [0, 0.1) is 19.8 Å². The minimum atomic E-state index is -0.0694. The highest BCUT2D eigenvalue weighted by Gasteiger charge is 2.29. The Kier molecular flexibility index (Phi) is 6.73. The Labute approximate surface area is 209 Å². The second-order valence-corrected chi connectivity index (χ2v) is 10.3. The summed E-state index contributed by atoms with van der Waals surface area (Å²) < 4.78 is 1.80. The van der Waals surface area contributed by atoms with E-state index in [1.807, 2.05) is 56.3 Å². The molecule has 0 radical (unpaired) electrons. The van der Waals surface area contributed by atoms with Crippen LogP contribution >= 0.6 is 11.8 Å². The van der Waals surface area contributed by atoms with Crippen LogP contribution in [0.15, 0.2) is 47.6 Å². The number of anilines is 1. The fourth-order valence-corrected chi connectivity index (χ4v) is 5.54. The van der Waals surface area contributed by atoms with Crippen LogP contribution in [0.25, 0.3) is 16.6 Å². The summed E-state index contributed by atoms with van der Waals surface area (Å²) in [6.45, 7) is 8.41. The third kappa shape index (κ3) is 4.89. The molecule has 2 aromatic carbocycles. The number of rotatable bonds is 7. The van der Waals surface area contributed by atoms with Crippen molar-refractivity contribution in [3.8, 4) is 0 Å². The molecule has 0 saturated carbocycles. The number of thioether (sulfide) groups is 1. The Morgan fingerprint density at radius 3 is 2.49 bits per heavy atom. The lowest BCUT2D eigenvalue weighted by atomic mass is 9.91. The van der Waals surface area contributed by atoms with E-state index in [9.17, 15) is 4.79 Å². The first kappa shape index (κ1) is 23.7. The largest absolute Gasteiger partial charge is 0.325 e. The molecule has 1 saturated heterocycles. The molecule has 0 aliphatic carbocycles. The van der Waals surface area contributed by atoms with Crippen molar-refractivity contribution in [2.45, 2.75) is 57.8 Å². The third-order valence-electron chi connectivity index (χ3n) is 6.80. The molecule has 3 heterocycles. The van der Waals surface area contributed by atoms with Crippen molar-refractivity contribution in [1.82, 2.24) is 30.4 Å². The zero-order valence-corrected chi connectivity index (χ0v) is 21.3. The van der Waals surface area contributed by atoms with Gasteiger partial charge in [-0.1, -0.05) is 42.1 Å². The highest BCUT2D eigenvalue weighted by atomic mass is 32.2. The first-order valence-electron chi connectivity index (χ1n) is 12.0. The lowest BCUT2D eigenvalue weighted by molar-refractivity contribution is -0.113. The second kappa shape index (κ2) is 9.93. The first-order valence-corrected chi connectivity index (χ1v) is 13.0. The molecule has 0 spiro atoms. The monoisotopic (exact) mass is 489 g/mol. The van der Waals surface area contributed by atoms with Crippen LogP contribution in [0.3, 0.4) is 0 Å². The molecule has 8 nitrogen and oxygen atoms in total. The van der Waals surface area contributed by atoms with Gasteiger partial charge >= 0.3 is 0 Å². The molecule has 2 aromatic heterocycles. The van der Waals surface area contributed by atoms with Crippen molar-refractivity contribution in [1.29, 1.82) is 0 Å². The van der Waals surface area contributed by atoms with Gasteiger partial charge in [-0.25, -0.2) is 9.97 Å². The van der Waals surface area contributed by atoms with E-state index in [1.165, 1.54) is 11.8 Å². The molecular weight excluding hydrogens is 458 g/mol. The summed E-state index contributed by atoms with van der Waals surface area (Å²) in [6.07, 6.45) is 1.78. The maximum absolute atomic E-state index is 12.8. The quantitative estimate of drug-likeness (QED) is 0.266. The van der Waals surface area contributed by atoms with Crippen molar-refractivity contribution < 1.29 is 4.79 Å². The van der Waals surface area contributed by atoms with Gasteiger partial charge < -0.3 is 5.32 Å². The number of hydrazine groups is 1. The smallest absolute Gasteiger partial charge is 0.234 e. The highest BCUT2D eigenvalue weighted by Crippen LogP contribution is 2.26. The topological polar surface area (TPSA) is 96.2 Å². The molecule has 1 aliphatic rings. The van der Waals surface area contributed by atoms with E-state index in [1.54, 1.807) is 4.52 Å². The zero-order chi connectivity index (χ0) is 24.5. The van der Waals surface area contributed by atoms with Crippen molar-refractivity contribution in [3.05, 3.63) is 59.4 Å². The number of aromatic nitrogens is 4. The van der Waals surface area contributed by atoms with Crippen LogP contribution < -0.4 is 16.2 Å². The van der Waals surface area contributed by atoms with Crippen LogP contribution in [0.4, 0.5) is 5.69 Å². The third-order valence-corrected chi connectivity index (χ3v) is 7.72. The number of nitrogens with one attached hydrogen (secondary N) is 3. The van der Waals surface area contributed by atoms with Crippen LogP contribution in [0.1, 0.15) is 37.2 Å². The van der Waals surface area contributed by atoms with Gasteiger partial charge in [0.15, 0.2) is 16.6 Å². The molecule has 1 fully saturated rings. The summed E-state index contributed by atoms with van der Waals surface area (Å²) >= 11 is 1.38. The molecular formula is C26H31N7OS. The number of para-hydroxylation sites is 2. The van der Waals surface area contributed by atoms with Crippen molar-refractivity contribution in [2.75, 3.05) is 11.1 Å². The fraction of sp³-hybridized carbons (Fsp3) is 0.385. The van der Waals surface area contributed by atoms with Crippen molar-refractivity contribution >= 4 is 39.9 Å². The van der Waals surface area contributed by atoms with Gasteiger partial charge in [-0.3, -0.25) is 15.6 Å². The van der Waals surface area contributed by atoms with Crippen LogP contribution in [-0.4, -0.2) is 43.3 Å². The summed E-state index contributed by atoms with van der Waals surface area (Å²) in [6, 6.07) is 14.8. The number of amides is 1. The maximum Gasteiger partial charge on any atom is 0.234 e. The van der Waals surface area contributed by atoms with E-state index in [4.69, 9.17) is 15.1 Å². The summed E-state index contributed by atoms with van der Waals surface area (Å²) in [4.78, 5) is 22.5. The SMILES string of the molecule is Cc1cccc(C)c1NC(=O)CSc1nc2ccccc2c2nc(CCC3C(C)NNC3C)nn12. The molecule has 1 aliphatic heterocycles. The number of benzene rings is 2. The lowest BCUT2D eigenvalue weighted by Gasteiger charge is -2.16. The Hall–Kier alpha value is -3.01. The number of hydrogen-bond acceptors (Lipinski definition) is 7. The molecule has 2 unspecified atom stereocenters. The van der Waals surface area contributed by atoms with E-state index >= 15 is 0 Å². The Morgan fingerprint density at radius 1 is 1.03 bits per heavy atom. The van der Waals surface area contributed by atoms with Gasteiger partial charge in [-0.05, 0) is 63.3 Å². The highest BCUT2D eigenvalue weighted by molar-refractivity contribution is 7.99. The minimum absolute atomic E-state index is 0.0694. The Morgan fingerprint density at radius 2 is 1.74 bits per heavy atom. The van der Waals surface area contributed by atoms with Crippen LogP contribution in [0.5, 0.6) is 0 Å². The number of carbonyl (C=O) groups excluding carboxylic acids is 1. The van der Waals surface area contributed by atoms with Crippen LogP contribution in [-0.2, 0) is 11.2 Å². The normalized spacial score (nSPS) is 20.1. The number of carbonyl (C=O) groups is 1. The maximum atomic E-state index is 12.8.